The maximum absolute atomic E-state index is 11.8. The van der Waals surface area contributed by atoms with E-state index in [0.29, 0.717) is 18.2 Å². The highest BCUT2D eigenvalue weighted by atomic mass is 31.1. The predicted octanol–water partition coefficient (Wildman–Crippen LogP) is 1.99. The highest BCUT2D eigenvalue weighted by Gasteiger charge is 2.22. The standard InChI is InChI=1S/C16H21N4O4P/c1-19-14(21)5-4-13-15(19)17-11-18-16(13)20-8-6-12(7-9-20)3-2-10-24-25(22)23/h4-5,11-12H,2-3,6-10H2,1H3/p+1. The molecule has 0 bridgehead atoms. The number of hydrogen-bond donors (Lipinski definition) is 1. The molecule has 0 amide bonds. The van der Waals surface area contributed by atoms with Crippen LogP contribution in [0.5, 0.6) is 0 Å². The molecular formula is C16H22N4O4P+. The summed E-state index contributed by atoms with van der Waals surface area (Å²) in [7, 11) is -0.768. The highest BCUT2D eigenvalue weighted by molar-refractivity contribution is 7.32. The van der Waals surface area contributed by atoms with Crippen LogP contribution >= 0.6 is 8.25 Å². The molecule has 2 aromatic heterocycles. The Labute approximate surface area is 146 Å². The van der Waals surface area contributed by atoms with Crippen LogP contribution in [0.25, 0.3) is 11.0 Å². The van der Waals surface area contributed by atoms with Gasteiger partial charge in [0.2, 0.25) is 0 Å². The second-order valence-corrected chi connectivity index (χ2v) is 7.04. The van der Waals surface area contributed by atoms with E-state index in [9.17, 15) is 9.36 Å². The summed E-state index contributed by atoms with van der Waals surface area (Å²) in [5.74, 6) is 1.47. The number of pyridine rings is 1. The third-order valence-electron chi connectivity index (χ3n) is 4.76. The first-order valence-corrected chi connectivity index (χ1v) is 9.54. The zero-order chi connectivity index (χ0) is 17.8. The number of aromatic nitrogens is 3. The maximum atomic E-state index is 11.8. The van der Waals surface area contributed by atoms with Gasteiger partial charge in [-0.3, -0.25) is 9.36 Å². The van der Waals surface area contributed by atoms with Gasteiger partial charge < -0.3 is 4.90 Å². The number of fused-ring (bicyclic) bond motifs is 1. The molecule has 1 fully saturated rings. The minimum atomic E-state index is -2.49. The summed E-state index contributed by atoms with van der Waals surface area (Å²) in [6.07, 6.45) is 5.39. The second-order valence-electron chi connectivity index (χ2n) is 6.31. The van der Waals surface area contributed by atoms with E-state index >= 15 is 0 Å². The van der Waals surface area contributed by atoms with Crippen molar-refractivity contribution in [3.05, 3.63) is 28.8 Å². The summed E-state index contributed by atoms with van der Waals surface area (Å²) in [4.78, 5) is 31.3. The Hall–Kier alpha value is -1.89. The van der Waals surface area contributed by atoms with Crippen LogP contribution in [0, 0.1) is 5.92 Å². The smallest absolute Gasteiger partial charge is 0.356 e. The lowest BCUT2D eigenvalue weighted by Crippen LogP contribution is -2.34. The summed E-state index contributed by atoms with van der Waals surface area (Å²) in [6, 6.07) is 3.35. The van der Waals surface area contributed by atoms with Gasteiger partial charge >= 0.3 is 8.25 Å². The monoisotopic (exact) mass is 365 g/mol. The number of rotatable bonds is 6. The molecular weight excluding hydrogens is 343 g/mol. The molecule has 8 nitrogen and oxygen atoms in total. The normalized spacial score (nSPS) is 16.4. The molecule has 0 spiro atoms. The van der Waals surface area contributed by atoms with Gasteiger partial charge in [-0.25, -0.2) is 9.97 Å². The number of piperidine rings is 1. The molecule has 0 radical (unpaired) electrons. The van der Waals surface area contributed by atoms with E-state index < -0.39 is 8.25 Å². The Morgan fingerprint density at radius 1 is 1.32 bits per heavy atom. The fourth-order valence-electron chi connectivity index (χ4n) is 3.36. The Morgan fingerprint density at radius 2 is 2.08 bits per heavy atom. The molecule has 134 valence electrons. The molecule has 3 rings (SSSR count). The summed E-state index contributed by atoms with van der Waals surface area (Å²) >= 11 is 0. The SMILES string of the molecule is Cn1c(=O)ccc2c(N3CCC(CCCO[P+](=O)O)CC3)ncnc21. The first-order chi connectivity index (χ1) is 12.1. The highest BCUT2D eigenvalue weighted by Crippen LogP contribution is 2.28. The van der Waals surface area contributed by atoms with Crippen molar-refractivity contribution in [1.29, 1.82) is 0 Å². The third-order valence-corrected chi connectivity index (χ3v) is 5.16. The predicted molar refractivity (Wildman–Crippen MR) is 94.7 cm³/mol. The van der Waals surface area contributed by atoms with Crippen LogP contribution in [-0.2, 0) is 16.1 Å². The van der Waals surface area contributed by atoms with Crippen LogP contribution in [0.15, 0.2) is 23.3 Å². The van der Waals surface area contributed by atoms with Gasteiger partial charge in [0.15, 0.2) is 0 Å². The molecule has 1 aliphatic rings. The number of hydrogen-bond acceptors (Lipinski definition) is 6. The Kier molecular flexibility index (Phi) is 5.73. The number of nitrogens with zero attached hydrogens (tertiary/aromatic N) is 4. The first kappa shape index (κ1) is 17.9. The van der Waals surface area contributed by atoms with E-state index in [1.54, 1.807) is 23.7 Å². The molecule has 0 saturated carbocycles. The van der Waals surface area contributed by atoms with E-state index in [-0.39, 0.29) is 5.56 Å². The van der Waals surface area contributed by atoms with Gasteiger partial charge in [-0.2, -0.15) is 0 Å². The van der Waals surface area contributed by atoms with Crippen LogP contribution in [0.3, 0.4) is 0 Å². The zero-order valence-electron chi connectivity index (χ0n) is 14.2. The maximum Gasteiger partial charge on any atom is 0.694 e. The molecule has 1 N–H and O–H groups in total. The number of aryl methyl sites for hydroxylation is 1. The fourth-order valence-corrected chi connectivity index (χ4v) is 3.65. The van der Waals surface area contributed by atoms with Crippen molar-refractivity contribution in [1.82, 2.24) is 14.5 Å². The average molecular weight is 365 g/mol. The molecule has 25 heavy (non-hydrogen) atoms. The van der Waals surface area contributed by atoms with Crippen LogP contribution in [0.2, 0.25) is 0 Å². The Morgan fingerprint density at radius 3 is 2.80 bits per heavy atom. The van der Waals surface area contributed by atoms with Crippen molar-refractivity contribution in [2.24, 2.45) is 13.0 Å². The minimum absolute atomic E-state index is 0.0808. The summed E-state index contributed by atoms with van der Waals surface area (Å²) in [6.45, 7) is 2.12. The molecule has 3 heterocycles. The van der Waals surface area contributed by atoms with Crippen molar-refractivity contribution in [2.45, 2.75) is 25.7 Å². The van der Waals surface area contributed by atoms with Crippen molar-refractivity contribution in [3.63, 3.8) is 0 Å². The van der Waals surface area contributed by atoms with Gasteiger partial charge in [-0.15, -0.1) is 9.42 Å². The van der Waals surface area contributed by atoms with Gasteiger partial charge in [0.05, 0.1) is 5.39 Å². The Bertz CT molecular complexity index is 817. The lowest BCUT2D eigenvalue weighted by atomic mass is 9.92. The third kappa shape index (κ3) is 4.21. The summed E-state index contributed by atoms with van der Waals surface area (Å²) in [5.41, 5.74) is 0.567. The Balaban J connectivity index is 1.64. The molecule has 1 aliphatic heterocycles. The molecule has 0 aliphatic carbocycles. The molecule has 1 unspecified atom stereocenters. The average Bonchev–Trinajstić information content (AvgIpc) is 2.62. The van der Waals surface area contributed by atoms with Crippen molar-refractivity contribution in [3.8, 4) is 0 Å². The van der Waals surface area contributed by atoms with Crippen molar-refractivity contribution >= 4 is 25.1 Å². The van der Waals surface area contributed by atoms with Gasteiger partial charge in [-0.05, 0) is 37.7 Å². The minimum Gasteiger partial charge on any atom is -0.356 e. The van der Waals surface area contributed by atoms with Crippen LogP contribution < -0.4 is 10.5 Å². The van der Waals surface area contributed by atoms with Crippen LogP contribution in [-0.4, -0.2) is 39.1 Å². The summed E-state index contributed by atoms with van der Waals surface area (Å²) < 4.78 is 16.7. The largest absolute Gasteiger partial charge is 0.694 e. The molecule has 9 heteroatoms. The molecule has 2 aromatic rings. The molecule has 1 saturated heterocycles. The zero-order valence-corrected chi connectivity index (χ0v) is 15.1. The van der Waals surface area contributed by atoms with Gasteiger partial charge in [-0.1, -0.05) is 0 Å². The van der Waals surface area contributed by atoms with E-state index in [0.717, 1.165) is 50.0 Å². The summed E-state index contributed by atoms with van der Waals surface area (Å²) in [5, 5.41) is 0.892. The van der Waals surface area contributed by atoms with E-state index in [4.69, 9.17) is 9.42 Å². The van der Waals surface area contributed by atoms with Crippen LogP contribution in [0.4, 0.5) is 5.82 Å². The quantitative estimate of drug-likeness (QED) is 0.617. The molecule has 1 atom stereocenters. The lowest BCUT2D eigenvalue weighted by Gasteiger charge is -2.33. The van der Waals surface area contributed by atoms with Crippen molar-refractivity contribution in [2.75, 3.05) is 24.6 Å². The lowest BCUT2D eigenvalue weighted by molar-refractivity contribution is 0.258. The van der Waals surface area contributed by atoms with Gasteiger partial charge in [0, 0.05) is 30.8 Å². The van der Waals surface area contributed by atoms with Crippen LogP contribution in [0.1, 0.15) is 25.7 Å². The molecule has 0 aromatic carbocycles. The van der Waals surface area contributed by atoms with E-state index in [1.165, 1.54) is 6.33 Å². The van der Waals surface area contributed by atoms with E-state index in [1.807, 2.05) is 0 Å². The van der Waals surface area contributed by atoms with Gasteiger partial charge in [0.25, 0.3) is 5.56 Å². The first-order valence-electron chi connectivity index (χ1n) is 8.41. The van der Waals surface area contributed by atoms with E-state index in [2.05, 4.69) is 14.9 Å². The van der Waals surface area contributed by atoms with Crippen molar-refractivity contribution < 1.29 is 14.0 Å². The topological polar surface area (TPSA) is 97.5 Å². The number of anilines is 1. The fraction of sp³-hybridized carbons (Fsp3) is 0.562. The van der Waals surface area contributed by atoms with Gasteiger partial charge in [0.1, 0.15) is 24.4 Å². The second kappa shape index (κ2) is 7.99.